The summed E-state index contributed by atoms with van der Waals surface area (Å²) >= 11 is 0. The molecule has 1 aromatic carbocycles. The van der Waals surface area contributed by atoms with Gasteiger partial charge in [0.25, 0.3) is 0 Å². The third kappa shape index (κ3) is 2.13. The molecule has 1 heterocycles. The number of nitrogens with zero attached hydrogens (tertiary/aromatic N) is 1. The number of fused-ring (bicyclic) bond motifs is 1. The second-order valence-electron chi connectivity index (χ2n) is 5.90. The molecule has 1 saturated heterocycles. The lowest BCUT2D eigenvalue weighted by molar-refractivity contribution is 0.174. The third-order valence-corrected chi connectivity index (χ3v) is 4.64. The van der Waals surface area contributed by atoms with E-state index in [9.17, 15) is 0 Å². The van der Waals surface area contributed by atoms with Crippen molar-refractivity contribution in [3.8, 4) is 0 Å². The van der Waals surface area contributed by atoms with E-state index in [2.05, 4.69) is 36.9 Å². The molecule has 3 rings (SSSR count). The lowest BCUT2D eigenvalue weighted by Crippen LogP contribution is -2.41. The van der Waals surface area contributed by atoms with E-state index in [1.807, 2.05) is 0 Å². The molecule has 1 aromatic rings. The molecule has 0 spiro atoms. The van der Waals surface area contributed by atoms with Crippen LogP contribution in [0.3, 0.4) is 0 Å². The predicted molar refractivity (Wildman–Crippen MR) is 72.4 cm³/mol. The van der Waals surface area contributed by atoms with E-state index in [0.29, 0.717) is 0 Å². The van der Waals surface area contributed by atoms with E-state index in [-0.39, 0.29) is 0 Å². The van der Waals surface area contributed by atoms with Crippen LogP contribution in [0.2, 0.25) is 0 Å². The zero-order valence-electron chi connectivity index (χ0n) is 11.1. The summed E-state index contributed by atoms with van der Waals surface area (Å²) in [6.45, 7) is 5.93. The van der Waals surface area contributed by atoms with Crippen LogP contribution in [0.1, 0.15) is 42.9 Å². The van der Waals surface area contributed by atoms with E-state index in [1.54, 1.807) is 11.1 Å². The standard InChI is InChI=1S/C16H23N/c1-12-5-6-15-11-16(8-7-14(15)10-12)17-9-3-4-13(17)2/h5-6,10,13,16H,3-4,7-9,11H2,1-2H3/t13-,16+/m1/s1. The van der Waals surface area contributed by atoms with Gasteiger partial charge in [-0.25, -0.2) is 0 Å². The van der Waals surface area contributed by atoms with E-state index in [4.69, 9.17) is 0 Å². The highest BCUT2D eigenvalue weighted by atomic mass is 15.2. The van der Waals surface area contributed by atoms with Gasteiger partial charge in [-0.05, 0) is 63.6 Å². The van der Waals surface area contributed by atoms with Crippen LogP contribution in [-0.2, 0) is 12.8 Å². The Kier molecular flexibility index (Phi) is 2.96. The van der Waals surface area contributed by atoms with E-state index in [1.165, 1.54) is 44.2 Å². The molecule has 1 aliphatic carbocycles. The van der Waals surface area contributed by atoms with Crippen molar-refractivity contribution in [1.82, 2.24) is 4.90 Å². The second-order valence-corrected chi connectivity index (χ2v) is 5.90. The van der Waals surface area contributed by atoms with Gasteiger partial charge in [0.1, 0.15) is 0 Å². The summed E-state index contributed by atoms with van der Waals surface area (Å²) in [5.41, 5.74) is 4.62. The molecule has 1 aliphatic heterocycles. The summed E-state index contributed by atoms with van der Waals surface area (Å²) in [7, 11) is 0. The van der Waals surface area contributed by atoms with Gasteiger partial charge in [0.05, 0.1) is 0 Å². The number of aryl methyl sites for hydroxylation is 2. The molecule has 0 aromatic heterocycles. The number of likely N-dealkylation sites (tertiary alicyclic amines) is 1. The Morgan fingerprint density at radius 3 is 2.82 bits per heavy atom. The maximum Gasteiger partial charge on any atom is 0.0142 e. The Morgan fingerprint density at radius 1 is 1.18 bits per heavy atom. The zero-order chi connectivity index (χ0) is 11.8. The van der Waals surface area contributed by atoms with Gasteiger partial charge in [-0.2, -0.15) is 0 Å². The summed E-state index contributed by atoms with van der Waals surface area (Å²) in [5, 5.41) is 0. The van der Waals surface area contributed by atoms with Crippen molar-refractivity contribution in [2.45, 2.75) is 58.0 Å². The third-order valence-electron chi connectivity index (χ3n) is 4.64. The first-order valence-corrected chi connectivity index (χ1v) is 7.08. The fourth-order valence-corrected chi connectivity index (χ4v) is 3.65. The fourth-order valence-electron chi connectivity index (χ4n) is 3.65. The van der Waals surface area contributed by atoms with E-state index in [0.717, 1.165) is 12.1 Å². The van der Waals surface area contributed by atoms with Crippen molar-refractivity contribution in [3.63, 3.8) is 0 Å². The topological polar surface area (TPSA) is 3.24 Å². The van der Waals surface area contributed by atoms with Crippen LogP contribution in [-0.4, -0.2) is 23.5 Å². The Balaban J connectivity index is 1.78. The molecule has 0 saturated carbocycles. The van der Waals surface area contributed by atoms with Crippen LogP contribution in [0, 0.1) is 6.92 Å². The van der Waals surface area contributed by atoms with Crippen molar-refractivity contribution >= 4 is 0 Å². The molecule has 0 N–H and O–H groups in total. The zero-order valence-corrected chi connectivity index (χ0v) is 11.1. The first kappa shape index (κ1) is 11.3. The molecule has 92 valence electrons. The minimum absolute atomic E-state index is 0.808. The van der Waals surface area contributed by atoms with Gasteiger partial charge < -0.3 is 0 Å². The largest absolute Gasteiger partial charge is 0.297 e. The maximum atomic E-state index is 2.75. The Bertz CT molecular complexity index is 410. The maximum absolute atomic E-state index is 2.75. The monoisotopic (exact) mass is 229 g/mol. The number of rotatable bonds is 1. The normalized spacial score (nSPS) is 29.3. The number of hydrogen-bond donors (Lipinski definition) is 0. The first-order valence-electron chi connectivity index (χ1n) is 7.08. The van der Waals surface area contributed by atoms with Crippen molar-refractivity contribution in [1.29, 1.82) is 0 Å². The summed E-state index contributed by atoms with van der Waals surface area (Å²) < 4.78 is 0. The second kappa shape index (κ2) is 4.45. The molecule has 17 heavy (non-hydrogen) atoms. The molecule has 1 heteroatoms. The predicted octanol–water partition coefficient (Wildman–Crippen LogP) is 3.34. The van der Waals surface area contributed by atoms with Gasteiger partial charge in [-0.3, -0.25) is 4.90 Å². The molecule has 0 bridgehead atoms. The molecular formula is C16H23N. The molecule has 0 amide bonds. The lowest BCUT2D eigenvalue weighted by Gasteiger charge is -2.35. The SMILES string of the molecule is Cc1ccc2c(c1)CC[C@H](N1CCC[C@H]1C)C2. The summed E-state index contributed by atoms with van der Waals surface area (Å²) in [4.78, 5) is 2.75. The minimum Gasteiger partial charge on any atom is -0.297 e. The molecule has 0 unspecified atom stereocenters. The lowest BCUT2D eigenvalue weighted by atomic mass is 9.86. The molecule has 2 atom stereocenters. The van der Waals surface area contributed by atoms with E-state index >= 15 is 0 Å². The summed E-state index contributed by atoms with van der Waals surface area (Å²) in [6, 6.07) is 8.64. The Hall–Kier alpha value is -0.820. The number of benzene rings is 1. The van der Waals surface area contributed by atoms with Crippen molar-refractivity contribution in [2.75, 3.05) is 6.54 Å². The van der Waals surface area contributed by atoms with Crippen LogP contribution in [0.15, 0.2) is 18.2 Å². The molecular weight excluding hydrogens is 206 g/mol. The van der Waals surface area contributed by atoms with Crippen molar-refractivity contribution in [2.24, 2.45) is 0 Å². The van der Waals surface area contributed by atoms with Crippen molar-refractivity contribution in [3.05, 3.63) is 34.9 Å². The number of hydrogen-bond acceptors (Lipinski definition) is 1. The molecule has 0 radical (unpaired) electrons. The van der Waals surface area contributed by atoms with Gasteiger partial charge in [0.2, 0.25) is 0 Å². The van der Waals surface area contributed by atoms with Gasteiger partial charge in [-0.1, -0.05) is 23.8 Å². The average molecular weight is 229 g/mol. The molecule has 1 nitrogen and oxygen atoms in total. The fraction of sp³-hybridized carbons (Fsp3) is 0.625. The highest BCUT2D eigenvalue weighted by molar-refractivity contribution is 5.34. The Morgan fingerprint density at radius 2 is 2.06 bits per heavy atom. The molecule has 1 fully saturated rings. The van der Waals surface area contributed by atoms with Crippen LogP contribution in [0.25, 0.3) is 0 Å². The van der Waals surface area contributed by atoms with Crippen LogP contribution < -0.4 is 0 Å². The quantitative estimate of drug-likeness (QED) is 0.714. The van der Waals surface area contributed by atoms with Crippen LogP contribution in [0.4, 0.5) is 0 Å². The van der Waals surface area contributed by atoms with Crippen molar-refractivity contribution < 1.29 is 0 Å². The van der Waals surface area contributed by atoms with Gasteiger partial charge >= 0.3 is 0 Å². The molecule has 2 aliphatic rings. The highest BCUT2D eigenvalue weighted by Crippen LogP contribution is 2.29. The summed E-state index contributed by atoms with van der Waals surface area (Å²) in [5.74, 6) is 0. The minimum atomic E-state index is 0.808. The Labute approximate surface area is 105 Å². The van der Waals surface area contributed by atoms with Crippen LogP contribution >= 0.6 is 0 Å². The summed E-state index contributed by atoms with van der Waals surface area (Å²) in [6.07, 6.45) is 6.72. The average Bonchev–Trinajstić information content (AvgIpc) is 2.75. The smallest absolute Gasteiger partial charge is 0.0142 e. The van der Waals surface area contributed by atoms with Gasteiger partial charge in [-0.15, -0.1) is 0 Å². The first-order chi connectivity index (χ1) is 8.24. The highest BCUT2D eigenvalue weighted by Gasteiger charge is 2.30. The van der Waals surface area contributed by atoms with Gasteiger partial charge in [0, 0.05) is 12.1 Å². The van der Waals surface area contributed by atoms with Crippen LogP contribution in [0.5, 0.6) is 0 Å². The van der Waals surface area contributed by atoms with E-state index < -0.39 is 0 Å². The van der Waals surface area contributed by atoms with Gasteiger partial charge in [0.15, 0.2) is 0 Å².